The second-order valence-electron chi connectivity index (χ2n) is 8.49. The SMILES string of the molecule is CCC(C)(C)[C@H]1CCc2sc3ncnc(N/N=C\c4ccc(O)c(OC)c4)c3c2C1. The molecule has 0 radical (unpaired) electrons. The van der Waals surface area contributed by atoms with Crippen molar-refractivity contribution in [1.29, 1.82) is 0 Å². The maximum atomic E-state index is 9.74. The number of fused-ring (bicyclic) bond motifs is 3. The molecule has 0 saturated carbocycles. The smallest absolute Gasteiger partial charge is 0.161 e. The summed E-state index contributed by atoms with van der Waals surface area (Å²) in [7, 11) is 1.53. The molecular weight excluding hydrogens is 396 g/mol. The molecule has 1 atom stereocenters. The van der Waals surface area contributed by atoms with E-state index in [9.17, 15) is 5.11 Å². The largest absolute Gasteiger partial charge is 0.504 e. The molecule has 0 amide bonds. The summed E-state index contributed by atoms with van der Waals surface area (Å²) in [4.78, 5) is 11.5. The molecule has 2 heterocycles. The van der Waals surface area contributed by atoms with Crippen LogP contribution in [0.5, 0.6) is 11.5 Å². The molecule has 0 fully saturated rings. The van der Waals surface area contributed by atoms with Crippen molar-refractivity contribution in [3.63, 3.8) is 0 Å². The molecule has 1 aromatic carbocycles. The fourth-order valence-electron chi connectivity index (χ4n) is 4.09. The van der Waals surface area contributed by atoms with Crippen molar-refractivity contribution in [2.24, 2.45) is 16.4 Å². The van der Waals surface area contributed by atoms with Gasteiger partial charge in [0.1, 0.15) is 11.2 Å². The molecule has 0 bridgehead atoms. The Morgan fingerprint density at radius 3 is 2.97 bits per heavy atom. The van der Waals surface area contributed by atoms with Crippen LogP contribution in [0.25, 0.3) is 10.2 Å². The minimum Gasteiger partial charge on any atom is -0.504 e. The third-order valence-electron chi connectivity index (χ3n) is 6.45. The average Bonchev–Trinajstić information content (AvgIpc) is 3.13. The number of benzene rings is 1. The van der Waals surface area contributed by atoms with Crippen LogP contribution < -0.4 is 10.2 Å². The Hall–Kier alpha value is -2.67. The highest BCUT2D eigenvalue weighted by atomic mass is 32.1. The highest BCUT2D eigenvalue weighted by molar-refractivity contribution is 7.19. The van der Waals surface area contributed by atoms with Crippen LogP contribution in [0.4, 0.5) is 5.82 Å². The number of nitrogens with one attached hydrogen (secondary N) is 1. The number of phenols is 1. The predicted octanol–water partition coefficient (Wildman–Crippen LogP) is 5.39. The summed E-state index contributed by atoms with van der Waals surface area (Å²) >= 11 is 1.78. The summed E-state index contributed by atoms with van der Waals surface area (Å²) in [5.74, 6) is 1.93. The zero-order valence-corrected chi connectivity index (χ0v) is 18.7. The molecule has 7 heteroatoms. The number of aryl methyl sites for hydroxylation is 1. The highest BCUT2D eigenvalue weighted by Crippen LogP contribution is 2.45. The lowest BCUT2D eigenvalue weighted by molar-refractivity contribution is 0.184. The molecule has 30 heavy (non-hydrogen) atoms. The lowest BCUT2D eigenvalue weighted by Gasteiger charge is -2.36. The van der Waals surface area contributed by atoms with Crippen LogP contribution in [0.3, 0.4) is 0 Å². The third kappa shape index (κ3) is 3.86. The number of anilines is 1. The quantitative estimate of drug-likeness (QED) is 0.409. The van der Waals surface area contributed by atoms with E-state index >= 15 is 0 Å². The first kappa shape index (κ1) is 20.6. The minimum atomic E-state index is 0.106. The normalized spacial score (nSPS) is 16.7. The Morgan fingerprint density at radius 2 is 2.20 bits per heavy atom. The molecule has 0 saturated heterocycles. The first-order chi connectivity index (χ1) is 14.4. The van der Waals surface area contributed by atoms with Crippen LogP contribution in [0.1, 0.15) is 49.6 Å². The van der Waals surface area contributed by atoms with Gasteiger partial charge in [-0.1, -0.05) is 27.2 Å². The summed E-state index contributed by atoms with van der Waals surface area (Å²) in [5.41, 5.74) is 5.64. The molecule has 2 aromatic heterocycles. The first-order valence-electron chi connectivity index (χ1n) is 10.3. The lowest BCUT2D eigenvalue weighted by atomic mass is 9.69. The van der Waals surface area contributed by atoms with Crippen molar-refractivity contribution in [2.75, 3.05) is 12.5 Å². The number of ether oxygens (including phenoxy) is 1. The Bertz CT molecular complexity index is 1090. The maximum absolute atomic E-state index is 9.74. The molecule has 0 unspecified atom stereocenters. The number of methoxy groups -OCH3 is 1. The molecule has 0 spiro atoms. The number of hydrogen-bond donors (Lipinski definition) is 2. The van der Waals surface area contributed by atoms with Gasteiger partial charge in [-0.2, -0.15) is 5.10 Å². The van der Waals surface area contributed by atoms with Gasteiger partial charge in [-0.25, -0.2) is 9.97 Å². The fourth-order valence-corrected chi connectivity index (χ4v) is 5.27. The molecule has 2 N–H and O–H groups in total. The standard InChI is InChI=1S/C23H28N4O2S/c1-5-23(2,3)15-7-9-19-16(11-15)20-21(24-13-25-22(20)30-19)27-26-12-14-6-8-17(28)18(10-14)29-4/h6,8,10,12-13,15,28H,5,7,9,11H2,1-4H3,(H,24,25,27)/b26-12-/t15-/m0/s1. The summed E-state index contributed by atoms with van der Waals surface area (Å²) in [6.07, 6.45) is 7.88. The van der Waals surface area contributed by atoms with E-state index in [1.807, 2.05) is 0 Å². The number of nitrogens with zero attached hydrogens (tertiary/aromatic N) is 3. The second kappa shape index (κ2) is 8.22. The molecular formula is C23H28N4O2S. The molecule has 158 valence electrons. The van der Waals surface area contributed by atoms with Gasteiger partial charge in [0.15, 0.2) is 17.3 Å². The predicted molar refractivity (Wildman–Crippen MR) is 123 cm³/mol. The second-order valence-corrected chi connectivity index (χ2v) is 9.57. The number of hydrazone groups is 1. The van der Waals surface area contributed by atoms with E-state index in [0.29, 0.717) is 17.1 Å². The number of aromatic hydroxyl groups is 1. The van der Waals surface area contributed by atoms with Crippen molar-refractivity contribution in [1.82, 2.24) is 9.97 Å². The lowest BCUT2D eigenvalue weighted by Crippen LogP contribution is -2.28. The summed E-state index contributed by atoms with van der Waals surface area (Å²) in [6.45, 7) is 7.04. The average molecular weight is 425 g/mol. The molecule has 6 nitrogen and oxygen atoms in total. The van der Waals surface area contributed by atoms with E-state index in [4.69, 9.17) is 4.74 Å². The van der Waals surface area contributed by atoms with Gasteiger partial charge in [-0.3, -0.25) is 5.43 Å². The van der Waals surface area contributed by atoms with E-state index in [1.165, 1.54) is 30.4 Å². The van der Waals surface area contributed by atoms with Crippen molar-refractivity contribution in [2.45, 2.75) is 46.5 Å². The zero-order chi connectivity index (χ0) is 21.3. The van der Waals surface area contributed by atoms with Crippen molar-refractivity contribution in [3.05, 3.63) is 40.5 Å². The molecule has 1 aliphatic carbocycles. The van der Waals surface area contributed by atoms with Gasteiger partial charge in [0, 0.05) is 4.88 Å². The molecule has 4 rings (SSSR count). The van der Waals surface area contributed by atoms with Crippen molar-refractivity contribution < 1.29 is 9.84 Å². The van der Waals surface area contributed by atoms with E-state index in [-0.39, 0.29) is 5.75 Å². The molecule has 1 aliphatic rings. The number of hydrogen-bond acceptors (Lipinski definition) is 7. The minimum absolute atomic E-state index is 0.106. The van der Waals surface area contributed by atoms with Gasteiger partial charge in [-0.05, 0) is 59.9 Å². The van der Waals surface area contributed by atoms with Crippen LogP contribution in [0.15, 0.2) is 29.6 Å². The number of aromatic nitrogens is 2. The zero-order valence-electron chi connectivity index (χ0n) is 17.9. The van der Waals surface area contributed by atoms with Gasteiger partial charge < -0.3 is 9.84 Å². The third-order valence-corrected chi connectivity index (χ3v) is 7.65. The van der Waals surface area contributed by atoms with Crippen LogP contribution >= 0.6 is 11.3 Å². The van der Waals surface area contributed by atoms with E-state index < -0.39 is 0 Å². The Balaban J connectivity index is 1.62. The van der Waals surface area contributed by atoms with Crippen LogP contribution in [0.2, 0.25) is 0 Å². The topological polar surface area (TPSA) is 79.6 Å². The molecule has 3 aromatic rings. The summed E-state index contributed by atoms with van der Waals surface area (Å²) < 4.78 is 5.16. The van der Waals surface area contributed by atoms with Crippen molar-refractivity contribution >= 4 is 33.6 Å². The number of phenolic OH excluding ortho intramolecular Hbond substituents is 1. The summed E-state index contributed by atoms with van der Waals surface area (Å²) in [6, 6.07) is 5.11. The van der Waals surface area contributed by atoms with E-state index in [2.05, 4.69) is 41.3 Å². The van der Waals surface area contributed by atoms with Gasteiger partial charge >= 0.3 is 0 Å². The van der Waals surface area contributed by atoms with Crippen LogP contribution in [-0.2, 0) is 12.8 Å². The Kier molecular flexibility index (Phi) is 5.64. The first-order valence-corrected chi connectivity index (χ1v) is 11.2. The number of rotatable bonds is 6. The van der Waals surface area contributed by atoms with E-state index in [0.717, 1.165) is 34.4 Å². The fraction of sp³-hybridized carbons (Fsp3) is 0.435. The number of thiophene rings is 1. The van der Waals surface area contributed by atoms with Gasteiger partial charge in [0.25, 0.3) is 0 Å². The Morgan fingerprint density at radius 1 is 1.37 bits per heavy atom. The maximum Gasteiger partial charge on any atom is 0.161 e. The van der Waals surface area contributed by atoms with E-state index in [1.54, 1.807) is 42.1 Å². The van der Waals surface area contributed by atoms with Gasteiger partial charge in [0.05, 0.1) is 18.7 Å². The highest BCUT2D eigenvalue weighted by Gasteiger charge is 2.33. The van der Waals surface area contributed by atoms with Crippen LogP contribution in [-0.4, -0.2) is 28.4 Å². The van der Waals surface area contributed by atoms with Crippen LogP contribution in [0, 0.1) is 11.3 Å². The van der Waals surface area contributed by atoms with Gasteiger partial charge in [0.2, 0.25) is 0 Å². The van der Waals surface area contributed by atoms with Gasteiger partial charge in [-0.15, -0.1) is 11.3 Å². The summed E-state index contributed by atoms with van der Waals surface area (Å²) in [5, 5.41) is 15.2. The Labute approximate surface area is 181 Å². The van der Waals surface area contributed by atoms with Crippen molar-refractivity contribution in [3.8, 4) is 11.5 Å². The molecule has 0 aliphatic heterocycles. The monoisotopic (exact) mass is 424 g/mol.